The van der Waals surface area contributed by atoms with Crippen molar-refractivity contribution in [1.82, 2.24) is 9.88 Å². The van der Waals surface area contributed by atoms with E-state index in [-0.39, 0.29) is 5.78 Å². The number of hydrogen-bond donors (Lipinski definition) is 0. The maximum atomic E-state index is 13.6. The quantitative estimate of drug-likeness (QED) is 0.435. The van der Waals surface area contributed by atoms with Crippen molar-refractivity contribution in [2.24, 2.45) is 5.41 Å². The lowest BCUT2D eigenvalue weighted by molar-refractivity contribution is -0.137. The summed E-state index contributed by atoms with van der Waals surface area (Å²) in [4.78, 5) is 20.1. The average Bonchev–Trinajstić information content (AvgIpc) is 2.78. The third-order valence-corrected chi connectivity index (χ3v) is 5.91. The molecule has 0 bridgehead atoms. The van der Waals surface area contributed by atoms with Crippen LogP contribution < -0.4 is 0 Å². The molecular weight excluding hydrogens is 425 g/mol. The number of halogens is 3. The minimum atomic E-state index is -4.42. The van der Waals surface area contributed by atoms with Crippen LogP contribution in [-0.4, -0.2) is 22.2 Å². The maximum absolute atomic E-state index is 13.6. The maximum Gasteiger partial charge on any atom is 0.416 e. The van der Waals surface area contributed by atoms with E-state index in [0.717, 1.165) is 17.7 Å². The fourth-order valence-corrected chi connectivity index (χ4v) is 4.36. The van der Waals surface area contributed by atoms with Gasteiger partial charge in [0.2, 0.25) is 0 Å². The van der Waals surface area contributed by atoms with E-state index in [1.807, 2.05) is 56.3 Å². The molecule has 1 saturated heterocycles. The van der Waals surface area contributed by atoms with Crippen LogP contribution in [0.2, 0.25) is 0 Å². The molecule has 1 aliphatic heterocycles. The van der Waals surface area contributed by atoms with E-state index in [1.54, 1.807) is 18.3 Å². The molecule has 2 heterocycles. The minimum absolute atomic E-state index is 0.0256. The number of pyridine rings is 1. The molecule has 0 N–H and O–H groups in total. The van der Waals surface area contributed by atoms with Crippen LogP contribution in [-0.2, 0) is 17.5 Å². The summed E-state index contributed by atoms with van der Waals surface area (Å²) in [6.45, 7) is 4.85. The molecule has 0 aliphatic carbocycles. The SMILES string of the molecule is CC1(C)CN(Cc2ccccc2)C(c2ccc(C(F)(F)F)cc2)/C(=C/c2ccccn2)C1=O. The zero-order chi connectivity index (χ0) is 23.6. The lowest BCUT2D eigenvalue weighted by Gasteiger charge is -2.44. The molecule has 0 amide bonds. The first-order valence-electron chi connectivity index (χ1n) is 10.8. The van der Waals surface area contributed by atoms with Crippen LogP contribution in [0.5, 0.6) is 0 Å². The number of likely N-dealkylation sites (tertiary alicyclic amines) is 1. The second-order valence-corrected chi connectivity index (χ2v) is 8.98. The Morgan fingerprint density at radius 1 is 1.00 bits per heavy atom. The highest BCUT2D eigenvalue weighted by molar-refractivity contribution is 6.05. The first-order valence-corrected chi connectivity index (χ1v) is 10.8. The first kappa shape index (κ1) is 22.9. The van der Waals surface area contributed by atoms with E-state index < -0.39 is 23.2 Å². The number of carbonyl (C=O) groups is 1. The van der Waals surface area contributed by atoms with Crippen molar-refractivity contribution in [3.05, 3.63) is 107 Å². The van der Waals surface area contributed by atoms with Crippen LogP contribution in [0.25, 0.3) is 6.08 Å². The van der Waals surface area contributed by atoms with E-state index >= 15 is 0 Å². The summed E-state index contributed by atoms with van der Waals surface area (Å²) in [5.74, 6) is -0.0256. The topological polar surface area (TPSA) is 33.2 Å². The summed E-state index contributed by atoms with van der Waals surface area (Å²) < 4.78 is 39.5. The van der Waals surface area contributed by atoms with E-state index in [2.05, 4.69) is 9.88 Å². The molecule has 4 rings (SSSR count). The molecule has 1 fully saturated rings. The van der Waals surface area contributed by atoms with Crippen LogP contribution >= 0.6 is 0 Å². The normalized spacial score (nSPS) is 20.2. The molecule has 1 unspecified atom stereocenters. The summed E-state index contributed by atoms with van der Waals surface area (Å²) in [5.41, 5.74) is 1.51. The van der Waals surface area contributed by atoms with Crippen LogP contribution in [0.1, 0.15) is 42.3 Å². The fraction of sp³-hybridized carbons (Fsp3) is 0.259. The Kier molecular flexibility index (Phi) is 6.21. The van der Waals surface area contributed by atoms with Crippen LogP contribution in [0, 0.1) is 5.41 Å². The molecule has 0 saturated carbocycles. The van der Waals surface area contributed by atoms with Gasteiger partial charge in [0.05, 0.1) is 17.3 Å². The highest BCUT2D eigenvalue weighted by atomic mass is 19.4. The number of piperidine rings is 1. The Morgan fingerprint density at radius 3 is 2.27 bits per heavy atom. The van der Waals surface area contributed by atoms with Gasteiger partial charge in [-0.1, -0.05) is 62.4 Å². The predicted octanol–water partition coefficient (Wildman–Crippen LogP) is 6.34. The highest BCUT2D eigenvalue weighted by Gasteiger charge is 2.44. The monoisotopic (exact) mass is 450 g/mol. The second kappa shape index (κ2) is 8.94. The largest absolute Gasteiger partial charge is 0.416 e. The Hall–Kier alpha value is -3.25. The molecule has 3 aromatic rings. The van der Waals surface area contributed by atoms with Gasteiger partial charge in [-0.2, -0.15) is 13.2 Å². The molecular formula is C27H25F3N2O. The first-order chi connectivity index (χ1) is 15.6. The number of alkyl halides is 3. The minimum Gasteiger partial charge on any atom is -0.294 e. The Labute approximate surface area is 191 Å². The number of nitrogens with zero attached hydrogens (tertiary/aromatic N) is 2. The zero-order valence-corrected chi connectivity index (χ0v) is 18.5. The van der Waals surface area contributed by atoms with Crippen molar-refractivity contribution in [3.63, 3.8) is 0 Å². The van der Waals surface area contributed by atoms with Gasteiger partial charge in [-0.3, -0.25) is 14.7 Å². The Balaban J connectivity index is 1.83. The van der Waals surface area contributed by atoms with Gasteiger partial charge in [-0.15, -0.1) is 0 Å². The molecule has 33 heavy (non-hydrogen) atoms. The Bertz CT molecular complexity index is 1140. The van der Waals surface area contributed by atoms with E-state index in [1.165, 1.54) is 12.1 Å². The number of ketones is 1. The number of carbonyl (C=O) groups excluding carboxylic acids is 1. The van der Waals surface area contributed by atoms with Crippen molar-refractivity contribution >= 4 is 11.9 Å². The molecule has 2 aromatic carbocycles. The van der Waals surface area contributed by atoms with Crippen molar-refractivity contribution in [2.45, 2.75) is 32.6 Å². The number of Topliss-reactive ketones (excluding diaryl/α,β-unsaturated/α-hetero) is 1. The van der Waals surface area contributed by atoms with Crippen LogP contribution in [0.3, 0.4) is 0 Å². The summed E-state index contributed by atoms with van der Waals surface area (Å²) in [6.07, 6.45) is -0.997. The number of rotatable bonds is 4. The third kappa shape index (κ3) is 5.06. The highest BCUT2D eigenvalue weighted by Crippen LogP contribution is 2.43. The smallest absolute Gasteiger partial charge is 0.294 e. The average molecular weight is 451 g/mol. The van der Waals surface area contributed by atoms with Crippen molar-refractivity contribution in [3.8, 4) is 0 Å². The summed E-state index contributed by atoms with van der Waals surface area (Å²) in [5, 5.41) is 0. The van der Waals surface area contributed by atoms with Gasteiger partial charge in [0.15, 0.2) is 5.78 Å². The van der Waals surface area contributed by atoms with Gasteiger partial charge in [0.1, 0.15) is 0 Å². The van der Waals surface area contributed by atoms with Gasteiger partial charge in [0, 0.05) is 30.3 Å². The van der Waals surface area contributed by atoms with Crippen molar-refractivity contribution < 1.29 is 18.0 Å². The molecule has 3 nitrogen and oxygen atoms in total. The van der Waals surface area contributed by atoms with Crippen LogP contribution in [0.15, 0.2) is 84.6 Å². The Morgan fingerprint density at radius 2 is 1.67 bits per heavy atom. The second-order valence-electron chi connectivity index (χ2n) is 8.98. The van der Waals surface area contributed by atoms with E-state index in [0.29, 0.717) is 29.9 Å². The molecule has 1 aromatic heterocycles. The number of benzene rings is 2. The van der Waals surface area contributed by atoms with Gasteiger partial charge in [-0.05, 0) is 41.5 Å². The molecule has 1 atom stereocenters. The summed E-state index contributed by atoms with van der Waals surface area (Å²) >= 11 is 0. The summed E-state index contributed by atoms with van der Waals surface area (Å²) in [6, 6.07) is 19.9. The summed E-state index contributed by atoms with van der Waals surface area (Å²) in [7, 11) is 0. The number of aromatic nitrogens is 1. The van der Waals surface area contributed by atoms with E-state index in [4.69, 9.17) is 0 Å². The molecule has 170 valence electrons. The molecule has 1 aliphatic rings. The fourth-order valence-electron chi connectivity index (χ4n) is 4.36. The lowest BCUT2D eigenvalue weighted by Crippen LogP contribution is -2.49. The van der Waals surface area contributed by atoms with Gasteiger partial charge >= 0.3 is 6.18 Å². The number of hydrogen-bond acceptors (Lipinski definition) is 3. The predicted molar refractivity (Wildman–Crippen MR) is 122 cm³/mol. The molecule has 0 radical (unpaired) electrons. The standard InChI is InChI=1S/C27H25F3N2O/c1-26(2)18-32(17-19-8-4-3-5-9-19)24(20-11-13-21(14-12-20)27(28,29)30)23(25(26)33)16-22-10-6-7-15-31-22/h3-16,24H,17-18H2,1-2H3/b23-16-. The van der Waals surface area contributed by atoms with Crippen LogP contribution in [0.4, 0.5) is 13.2 Å². The van der Waals surface area contributed by atoms with E-state index in [9.17, 15) is 18.0 Å². The molecule has 0 spiro atoms. The lowest BCUT2D eigenvalue weighted by atomic mass is 9.74. The van der Waals surface area contributed by atoms with Gasteiger partial charge in [0.25, 0.3) is 0 Å². The van der Waals surface area contributed by atoms with Crippen molar-refractivity contribution in [2.75, 3.05) is 6.54 Å². The van der Waals surface area contributed by atoms with Gasteiger partial charge < -0.3 is 0 Å². The van der Waals surface area contributed by atoms with Crippen molar-refractivity contribution in [1.29, 1.82) is 0 Å². The molecule has 6 heteroatoms. The zero-order valence-electron chi connectivity index (χ0n) is 18.5. The third-order valence-electron chi connectivity index (χ3n) is 5.91. The van der Waals surface area contributed by atoms with Gasteiger partial charge in [-0.25, -0.2) is 0 Å².